The number of carbonyl (C=O) groups excluding carboxylic acids is 2. The summed E-state index contributed by atoms with van der Waals surface area (Å²) in [6, 6.07) is 14.6. The molecule has 0 unspecified atom stereocenters. The summed E-state index contributed by atoms with van der Waals surface area (Å²) in [4.78, 5) is 24.1. The second-order valence-electron chi connectivity index (χ2n) is 5.67. The maximum Gasteiger partial charge on any atom is 0.387 e. The van der Waals surface area contributed by atoms with Crippen LogP contribution in [0.15, 0.2) is 59.8 Å². The topological polar surface area (TPSA) is 99.0 Å². The van der Waals surface area contributed by atoms with E-state index in [0.29, 0.717) is 11.7 Å². The number of nitrogens with zero attached hydrogens (tertiary/aromatic N) is 4. The number of imide groups is 1. The molecule has 2 amide bonds. The number of hydrogen-bond acceptors (Lipinski definition) is 7. The zero-order valence-electron chi connectivity index (χ0n) is 14.9. The first-order valence-corrected chi connectivity index (χ1v) is 9.32. The quantitative estimate of drug-likeness (QED) is 0.560. The van der Waals surface area contributed by atoms with Crippen LogP contribution in [0.2, 0.25) is 0 Å². The van der Waals surface area contributed by atoms with Crippen LogP contribution in [0, 0.1) is 0 Å². The smallest absolute Gasteiger partial charge is 0.387 e. The van der Waals surface area contributed by atoms with E-state index in [0.717, 1.165) is 17.3 Å². The Hall–Kier alpha value is -3.34. The van der Waals surface area contributed by atoms with Crippen LogP contribution in [0.1, 0.15) is 15.9 Å². The molecule has 0 aliphatic heterocycles. The predicted octanol–water partition coefficient (Wildman–Crippen LogP) is 2.37. The highest BCUT2D eigenvalue weighted by Crippen LogP contribution is 2.16. The first-order chi connectivity index (χ1) is 14.0. The maximum absolute atomic E-state index is 12.1. The van der Waals surface area contributed by atoms with Gasteiger partial charge in [0.25, 0.3) is 5.91 Å². The van der Waals surface area contributed by atoms with Gasteiger partial charge < -0.3 is 4.74 Å². The Balaban J connectivity index is 1.51. The molecule has 2 aromatic carbocycles. The standard InChI is InChI=1S/C18H15F2N5O3S/c19-17(20)28-14-8-6-13(7-9-14)16(27)21-15(26)11-29-18-22-23-24-25(18)10-12-4-2-1-3-5-12/h1-9,17H,10-11H2,(H,21,26,27). The summed E-state index contributed by atoms with van der Waals surface area (Å²) in [6.45, 7) is -2.50. The summed E-state index contributed by atoms with van der Waals surface area (Å²) >= 11 is 1.09. The summed E-state index contributed by atoms with van der Waals surface area (Å²) in [5.74, 6) is -1.35. The number of nitrogens with one attached hydrogen (secondary N) is 1. The molecule has 150 valence electrons. The summed E-state index contributed by atoms with van der Waals surface area (Å²) < 4.78 is 30.0. The Labute approximate surface area is 168 Å². The molecule has 0 aliphatic carbocycles. The second-order valence-corrected chi connectivity index (χ2v) is 6.62. The summed E-state index contributed by atoms with van der Waals surface area (Å²) in [5, 5.41) is 14.0. The van der Waals surface area contributed by atoms with Crippen molar-refractivity contribution < 1.29 is 23.1 Å². The van der Waals surface area contributed by atoms with Gasteiger partial charge in [0.05, 0.1) is 12.3 Å². The van der Waals surface area contributed by atoms with Gasteiger partial charge in [-0.15, -0.1) is 5.10 Å². The lowest BCUT2D eigenvalue weighted by molar-refractivity contribution is -0.117. The molecule has 0 saturated heterocycles. The first-order valence-electron chi connectivity index (χ1n) is 8.33. The number of tetrazole rings is 1. The van der Waals surface area contributed by atoms with Crippen molar-refractivity contribution in [1.29, 1.82) is 0 Å². The van der Waals surface area contributed by atoms with E-state index < -0.39 is 18.4 Å². The Bertz CT molecular complexity index is 967. The van der Waals surface area contributed by atoms with Crippen LogP contribution in [0.25, 0.3) is 0 Å². The Kier molecular flexibility index (Phi) is 6.85. The van der Waals surface area contributed by atoms with Gasteiger partial charge in [0, 0.05) is 5.56 Å². The molecule has 1 N–H and O–H groups in total. The zero-order chi connectivity index (χ0) is 20.6. The SMILES string of the molecule is O=C(CSc1nnnn1Cc1ccccc1)NC(=O)c1ccc(OC(F)F)cc1. The van der Waals surface area contributed by atoms with Crippen molar-refractivity contribution in [1.82, 2.24) is 25.5 Å². The number of rotatable bonds is 8. The van der Waals surface area contributed by atoms with Gasteiger partial charge in [0.1, 0.15) is 5.75 Å². The number of benzene rings is 2. The second kappa shape index (κ2) is 9.73. The van der Waals surface area contributed by atoms with Gasteiger partial charge in [-0.1, -0.05) is 42.1 Å². The van der Waals surface area contributed by atoms with Crippen LogP contribution in [0.4, 0.5) is 8.78 Å². The molecular weight excluding hydrogens is 404 g/mol. The van der Waals surface area contributed by atoms with Crippen molar-refractivity contribution in [3.05, 3.63) is 65.7 Å². The first kappa shape index (κ1) is 20.4. The lowest BCUT2D eigenvalue weighted by Gasteiger charge is -2.07. The fraction of sp³-hybridized carbons (Fsp3) is 0.167. The third kappa shape index (κ3) is 6.07. The summed E-state index contributed by atoms with van der Waals surface area (Å²) in [6.07, 6.45) is 0. The highest BCUT2D eigenvalue weighted by Gasteiger charge is 2.14. The van der Waals surface area contributed by atoms with Crippen LogP contribution in [0.3, 0.4) is 0 Å². The molecule has 0 spiro atoms. The van der Waals surface area contributed by atoms with Crippen molar-refractivity contribution in [2.24, 2.45) is 0 Å². The molecule has 0 aliphatic rings. The number of halogens is 2. The highest BCUT2D eigenvalue weighted by atomic mass is 32.2. The van der Waals surface area contributed by atoms with Crippen molar-refractivity contribution in [2.45, 2.75) is 18.3 Å². The van der Waals surface area contributed by atoms with Crippen molar-refractivity contribution in [2.75, 3.05) is 5.75 Å². The van der Waals surface area contributed by atoms with Crippen molar-refractivity contribution >= 4 is 23.6 Å². The number of carbonyl (C=O) groups is 2. The van der Waals surface area contributed by atoms with Crippen molar-refractivity contribution in [3.8, 4) is 5.75 Å². The van der Waals surface area contributed by atoms with E-state index in [9.17, 15) is 18.4 Å². The fourth-order valence-corrected chi connectivity index (χ4v) is 2.98. The van der Waals surface area contributed by atoms with E-state index in [1.807, 2.05) is 30.3 Å². The van der Waals surface area contributed by atoms with Crippen LogP contribution in [0.5, 0.6) is 5.75 Å². The molecule has 3 aromatic rings. The minimum Gasteiger partial charge on any atom is -0.435 e. The Morgan fingerprint density at radius 1 is 1.10 bits per heavy atom. The van der Waals surface area contributed by atoms with Gasteiger partial charge >= 0.3 is 6.61 Å². The van der Waals surface area contributed by atoms with E-state index >= 15 is 0 Å². The number of ether oxygens (including phenoxy) is 1. The average Bonchev–Trinajstić information content (AvgIpc) is 3.14. The number of aromatic nitrogens is 4. The lowest BCUT2D eigenvalue weighted by Crippen LogP contribution is -2.31. The molecule has 0 fully saturated rings. The van der Waals surface area contributed by atoms with Gasteiger partial charge in [-0.2, -0.15) is 8.78 Å². The van der Waals surface area contributed by atoms with E-state index in [-0.39, 0.29) is 17.1 Å². The maximum atomic E-state index is 12.1. The van der Waals surface area contributed by atoms with Crippen molar-refractivity contribution in [3.63, 3.8) is 0 Å². The highest BCUT2D eigenvalue weighted by molar-refractivity contribution is 7.99. The summed E-state index contributed by atoms with van der Waals surface area (Å²) in [5.41, 5.74) is 1.14. The molecule has 1 aromatic heterocycles. The minimum atomic E-state index is -2.95. The third-order valence-corrected chi connectivity index (χ3v) is 4.56. The molecule has 8 nitrogen and oxygen atoms in total. The molecule has 11 heteroatoms. The predicted molar refractivity (Wildman–Crippen MR) is 99.6 cm³/mol. The molecule has 29 heavy (non-hydrogen) atoms. The lowest BCUT2D eigenvalue weighted by atomic mass is 10.2. The van der Waals surface area contributed by atoms with E-state index in [2.05, 4.69) is 25.6 Å². The van der Waals surface area contributed by atoms with Crippen LogP contribution in [-0.2, 0) is 11.3 Å². The van der Waals surface area contributed by atoms with Crippen LogP contribution in [-0.4, -0.2) is 44.4 Å². The number of alkyl halides is 2. The average molecular weight is 419 g/mol. The van der Waals surface area contributed by atoms with Gasteiger partial charge in [-0.25, -0.2) is 4.68 Å². The zero-order valence-corrected chi connectivity index (χ0v) is 15.7. The number of hydrogen-bond donors (Lipinski definition) is 1. The molecule has 3 rings (SSSR count). The van der Waals surface area contributed by atoms with Crippen LogP contribution < -0.4 is 10.1 Å². The molecule has 1 heterocycles. The van der Waals surface area contributed by atoms with Crippen LogP contribution >= 0.6 is 11.8 Å². The van der Waals surface area contributed by atoms with E-state index in [1.54, 1.807) is 4.68 Å². The normalized spacial score (nSPS) is 10.7. The monoisotopic (exact) mass is 419 g/mol. The molecule has 0 saturated carbocycles. The number of amides is 2. The fourth-order valence-electron chi connectivity index (χ4n) is 2.31. The Morgan fingerprint density at radius 2 is 1.83 bits per heavy atom. The van der Waals surface area contributed by atoms with Gasteiger partial charge in [0.15, 0.2) is 0 Å². The third-order valence-electron chi connectivity index (χ3n) is 3.60. The van der Waals surface area contributed by atoms with Gasteiger partial charge in [-0.3, -0.25) is 14.9 Å². The molecule has 0 atom stereocenters. The van der Waals surface area contributed by atoms with E-state index in [4.69, 9.17) is 0 Å². The molecule has 0 bridgehead atoms. The summed E-state index contributed by atoms with van der Waals surface area (Å²) in [7, 11) is 0. The van der Waals surface area contributed by atoms with E-state index in [1.165, 1.54) is 24.3 Å². The van der Waals surface area contributed by atoms with Gasteiger partial charge in [0.2, 0.25) is 11.1 Å². The number of thioether (sulfide) groups is 1. The van der Waals surface area contributed by atoms with Gasteiger partial charge in [-0.05, 0) is 40.3 Å². The largest absolute Gasteiger partial charge is 0.435 e. The molecule has 0 radical (unpaired) electrons. The Morgan fingerprint density at radius 3 is 2.52 bits per heavy atom. The molecular formula is C18H15F2N5O3S. The minimum absolute atomic E-state index is 0.0759.